The average molecular weight is 310 g/mol. The molecule has 0 radical (unpaired) electrons. The van der Waals surface area contributed by atoms with Crippen LogP contribution in [0.25, 0.3) is 0 Å². The molecule has 0 bridgehead atoms. The van der Waals surface area contributed by atoms with Crippen molar-refractivity contribution < 1.29 is 0 Å². The molecule has 120 valence electrons. The van der Waals surface area contributed by atoms with Crippen molar-refractivity contribution >= 4 is 20.4 Å². The molecule has 0 atom stereocenters. The van der Waals surface area contributed by atoms with Gasteiger partial charge in [0.05, 0.1) is 0 Å². The topological polar surface area (TPSA) is 3.24 Å². The summed E-state index contributed by atoms with van der Waals surface area (Å²) >= 11 is 0. The van der Waals surface area contributed by atoms with E-state index in [4.69, 9.17) is 0 Å². The quantitative estimate of drug-likeness (QED) is 0.446. The number of nitrogens with zero attached hydrogens (tertiary/aromatic N) is 1. The average Bonchev–Trinajstić information content (AvgIpc) is 2.23. The highest BCUT2D eigenvalue weighted by molar-refractivity contribution is 8.43. The molecule has 0 saturated carbocycles. The first-order chi connectivity index (χ1) is 8.69. The third kappa shape index (κ3) is 10.1. The zero-order chi connectivity index (χ0) is 14.9. The minimum Gasteiger partial charge on any atom is -0.232 e. The Morgan fingerprint density at radius 3 is 1.32 bits per heavy atom. The molecule has 3 heteroatoms. The molecule has 0 fully saturated rings. The Morgan fingerprint density at radius 2 is 0.947 bits per heavy atom. The Bertz CT molecular complexity index is 202. The summed E-state index contributed by atoms with van der Waals surface area (Å²) in [5.74, 6) is 0. The molecule has 0 aliphatic rings. The molecule has 0 heterocycles. The van der Waals surface area contributed by atoms with Crippen LogP contribution >= 0.6 is 20.4 Å². The lowest BCUT2D eigenvalue weighted by atomic mass is 10.1. The summed E-state index contributed by atoms with van der Waals surface area (Å²) in [6.45, 7) is 3.60. The predicted molar refractivity (Wildman–Crippen MR) is 100 cm³/mol. The van der Waals surface area contributed by atoms with Crippen molar-refractivity contribution in [3.63, 3.8) is 0 Å². The van der Waals surface area contributed by atoms with Crippen LogP contribution in [0.2, 0.25) is 0 Å². The van der Waals surface area contributed by atoms with Crippen LogP contribution in [0, 0.1) is 0 Å². The van der Waals surface area contributed by atoms with Gasteiger partial charge in [-0.25, -0.2) is 3.71 Å². The van der Waals surface area contributed by atoms with Gasteiger partial charge in [-0.1, -0.05) is 51.9 Å². The number of rotatable bonds is 11. The van der Waals surface area contributed by atoms with E-state index in [1.54, 1.807) is 0 Å². The summed E-state index contributed by atoms with van der Waals surface area (Å²) in [4.78, 5) is 0. The Balaban J connectivity index is 3.78. The number of hydrogen-bond donors (Lipinski definition) is 0. The van der Waals surface area contributed by atoms with Gasteiger partial charge in [-0.15, -0.1) is 0 Å². The van der Waals surface area contributed by atoms with Crippen LogP contribution in [0.5, 0.6) is 0 Å². The van der Waals surface area contributed by atoms with Gasteiger partial charge in [-0.05, 0) is 44.0 Å². The van der Waals surface area contributed by atoms with Gasteiger partial charge in [-0.3, -0.25) is 0 Å². The molecule has 0 aliphatic carbocycles. The van der Waals surface area contributed by atoms with Crippen molar-refractivity contribution in [3.05, 3.63) is 0 Å². The minimum absolute atomic E-state index is 0.557. The Hall–Kier alpha value is 0.660. The fraction of sp³-hybridized carbons (Fsp3) is 1.00. The molecule has 0 rings (SSSR count). The number of unbranched alkanes of at least 4 members (excludes halogenated alkanes) is 7. The largest absolute Gasteiger partial charge is 0.232 e. The highest BCUT2D eigenvalue weighted by atomic mass is 32.3. The minimum atomic E-state index is -0.557. The van der Waals surface area contributed by atoms with E-state index in [0.29, 0.717) is 0 Å². The first kappa shape index (κ1) is 19.7. The molecular weight excluding hydrogens is 270 g/mol. The van der Waals surface area contributed by atoms with Gasteiger partial charge >= 0.3 is 0 Å². The second-order valence-corrected chi connectivity index (χ2v) is 15.3. The van der Waals surface area contributed by atoms with Gasteiger partial charge in [-0.2, -0.15) is 20.4 Å². The normalized spacial score (nSPS) is 14.9. The third-order valence-corrected chi connectivity index (χ3v) is 8.91. The van der Waals surface area contributed by atoms with Crippen molar-refractivity contribution in [3.8, 4) is 0 Å². The van der Waals surface area contributed by atoms with Gasteiger partial charge in [0.15, 0.2) is 0 Å². The lowest BCUT2D eigenvalue weighted by Gasteiger charge is -2.51. The maximum Gasteiger partial charge on any atom is 0.0168 e. The van der Waals surface area contributed by atoms with E-state index in [9.17, 15) is 0 Å². The van der Waals surface area contributed by atoms with Gasteiger partial charge in [0.25, 0.3) is 0 Å². The van der Waals surface area contributed by atoms with E-state index >= 15 is 0 Å². The Labute approximate surface area is 126 Å². The number of hydrogen-bond acceptors (Lipinski definition) is 1. The van der Waals surface area contributed by atoms with Gasteiger partial charge in [0.2, 0.25) is 0 Å². The van der Waals surface area contributed by atoms with Crippen molar-refractivity contribution in [2.45, 2.75) is 58.3 Å². The summed E-state index contributed by atoms with van der Waals surface area (Å²) in [5.41, 5.74) is 0. The van der Waals surface area contributed by atoms with E-state index in [0.717, 1.165) is 0 Å². The summed E-state index contributed by atoms with van der Waals surface area (Å²) in [7, 11) is -1.11. The molecule has 0 aromatic carbocycles. The van der Waals surface area contributed by atoms with Crippen LogP contribution < -0.4 is 0 Å². The summed E-state index contributed by atoms with van der Waals surface area (Å²) in [6.07, 6.45) is 26.0. The Morgan fingerprint density at radius 1 is 0.579 bits per heavy atom. The molecule has 0 spiro atoms. The van der Waals surface area contributed by atoms with E-state index in [2.05, 4.69) is 48.2 Å². The summed E-state index contributed by atoms with van der Waals surface area (Å²) < 4.78 is 2.82. The zero-order valence-electron chi connectivity index (χ0n) is 14.6. The third-order valence-electron chi connectivity index (χ3n) is 3.42. The summed E-state index contributed by atoms with van der Waals surface area (Å²) in [6, 6.07) is 0. The standard InChI is InChI=1S/C16H39NS2/c1-8-9-10-11-12-13-14-15-16-17(18(2,3)4)19(5,6)7/h8-16H2,1-7H3. The molecular formula is C16H39NS2. The van der Waals surface area contributed by atoms with Gasteiger partial charge in [0.1, 0.15) is 0 Å². The lowest BCUT2D eigenvalue weighted by Crippen LogP contribution is -2.29. The maximum absolute atomic E-state index is 2.82. The van der Waals surface area contributed by atoms with Crippen molar-refractivity contribution in [1.82, 2.24) is 3.71 Å². The molecule has 0 aliphatic heterocycles. The monoisotopic (exact) mass is 309 g/mol. The van der Waals surface area contributed by atoms with E-state index in [-0.39, 0.29) is 0 Å². The predicted octanol–water partition coefficient (Wildman–Crippen LogP) is 5.65. The van der Waals surface area contributed by atoms with Crippen LogP contribution in [-0.2, 0) is 0 Å². The fourth-order valence-electron chi connectivity index (χ4n) is 2.59. The smallest absolute Gasteiger partial charge is 0.0168 e. The second-order valence-electron chi connectivity index (χ2n) is 7.08. The molecule has 1 nitrogen and oxygen atoms in total. The van der Waals surface area contributed by atoms with Crippen LogP contribution in [0.15, 0.2) is 0 Å². The van der Waals surface area contributed by atoms with Crippen LogP contribution in [0.1, 0.15) is 58.3 Å². The first-order valence-corrected chi connectivity index (χ1v) is 13.5. The molecule has 0 aromatic heterocycles. The molecule has 0 amide bonds. The SMILES string of the molecule is CCCCCCCCCCN(S(C)(C)C)S(C)(C)C. The maximum atomic E-state index is 2.82. The summed E-state index contributed by atoms with van der Waals surface area (Å²) in [5, 5.41) is 0. The van der Waals surface area contributed by atoms with Gasteiger partial charge < -0.3 is 0 Å². The van der Waals surface area contributed by atoms with E-state index in [1.807, 2.05) is 0 Å². The van der Waals surface area contributed by atoms with Crippen LogP contribution in [0.3, 0.4) is 0 Å². The van der Waals surface area contributed by atoms with Crippen LogP contribution in [0.4, 0.5) is 0 Å². The molecule has 0 aromatic rings. The highest BCUT2D eigenvalue weighted by Gasteiger charge is 2.24. The molecule has 0 N–H and O–H groups in total. The highest BCUT2D eigenvalue weighted by Crippen LogP contribution is 2.56. The second kappa shape index (κ2) is 9.57. The Kier molecular flexibility index (Phi) is 9.90. The molecule has 19 heavy (non-hydrogen) atoms. The zero-order valence-corrected chi connectivity index (χ0v) is 16.3. The van der Waals surface area contributed by atoms with Crippen LogP contribution in [-0.4, -0.2) is 47.8 Å². The van der Waals surface area contributed by atoms with Gasteiger partial charge in [0, 0.05) is 6.54 Å². The first-order valence-electron chi connectivity index (χ1n) is 7.84. The van der Waals surface area contributed by atoms with E-state index < -0.39 is 20.4 Å². The van der Waals surface area contributed by atoms with Crippen molar-refractivity contribution in [2.75, 3.05) is 44.1 Å². The van der Waals surface area contributed by atoms with E-state index in [1.165, 1.54) is 57.9 Å². The molecule has 0 saturated heterocycles. The van der Waals surface area contributed by atoms with Crippen molar-refractivity contribution in [2.24, 2.45) is 0 Å². The lowest BCUT2D eigenvalue weighted by molar-refractivity contribution is 0.552. The van der Waals surface area contributed by atoms with Crippen molar-refractivity contribution in [1.29, 1.82) is 0 Å². The fourth-order valence-corrected chi connectivity index (χ4v) is 9.31. The molecule has 0 unspecified atom stereocenters.